The smallest absolute Gasteiger partial charge is 0.209 e. The van der Waals surface area contributed by atoms with Gasteiger partial charge in [-0.15, -0.1) is 0 Å². The van der Waals surface area contributed by atoms with E-state index in [1.807, 2.05) is 37.3 Å². The van der Waals surface area contributed by atoms with Crippen LogP contribution in [0.5, 0.6) is 5.75 Å². The first kappa shape index (κ1) is 25.4. The summed E-state index contributed by atoms with van der Waals surface area (Å²) in [6.45, 7) is 11.4. The van der Waals surface area contributed by atoms with Gasteiger partial charge < -0.3 is 9.30 Å². The van der Waals surface area contributed by atoms with Crippen molar-refractivity contribution in [2.24, 2.45) is 0 Å². The summed E-state index contributed by atoms with van der Waals surface area (Å²) in [5.74, 6) is 1.92. The van der Waals surface area contributed by atoms with Crippen molar-refractivity contribution in [2.45, 2.75) is 79.4 Å². The van der Waals surface area contributed by atoms with Crippen LogP contribution in [0.2, 0.25) is 0 Å². The maximum absolute atomic E-state index is 9.92. The van der Waals surface area contributed by atoms with Crippen molar-refractivity contribution in [1.82, 2.24) is 14.5 Å². The first-order valence-electron chi connectivity index (χ1n) is 13.1. The summed E-state index contributed by atoms with van der Waals surface area (Å²) in [6, 6.07) is 18.7. The third kappa shape index (κ3) is 5.28. The number of rotatable bonds is 10. The lowest BCUT2D eigenvalue weighted by molar-refractivity contribution is 0.256. The van der Waals surface area contributed by atoms with Crippen LogP contribution in [-0.2, 0) is 25.8 Å². The maximum Gasteiger partial charge on any atom is 0.209 e. The summed E-state index contributed by atoms with van der Waals surface area (Å²) in [4.78, 5) is 9.79. The first-order valence-corrected chi connectivity index (χ1v) is 13.1. The lowest BCUT2D eigenvalue weighted by Gasteiger charge is -2.21. The second kappa shape index (κ2) is 11.4. The number of nitriles is 1. The zero-order chi connectivity index (χ0) is 25.7. The molecule has 0 radical (unpaired) electrons. The molecule has 0 bridgehead atoms. The highest BCUT2D eigenvalue weighted by Gasteiger charge is 2.20. The summed E-state index contributed by atoms with van der Waals surface area (Å²) in [6.07, 6.45) is 4.01. The van der Waals surface area contributed by atoms with E-state index < -0.39 is 6.10 Å². The highest BCUT2D eigenvalue weighted by atomic mass is 16.5. The van der Waals surface area contributed by atoms with Gasteiger partial charge in [-0.2, -0.15) is 5.26 Å². The second-order valence-corrected chi connectivity index (χ2v) is 9.50. The van der Waals surface area contributed by atoms with Gasteiger partial charge in [0.25, 0.3) is 0 Å². The number of hydrogen-bond donors (Lipinski definition) is 0. The highest BCUT2D eigenvalue weighted by molar-refractivity contribution is 5.76. The van der Waals surface area contributed by atoms with Crippen LogP contribution in [0.15, 0.2) is 48.5 Å². The predicted octanol–water partition coefficient (Wildman–Crippen LogP) is 7.21. The normalized spacial score (nSPS) is 12.0. The van der Waals surface area contributed by atoms with Gasteiger partial charge in [-0.25, -0.2) is 9.97 Å². The Bertz CT molecular complexity index is 1350. The van der Waals surface area contributed by atoms with Crippen molar-refractivity contribution in [1.29, 1.82) is 5.26 Å². The summed E-state index contributed by atoms with van der Waals surface area (Å²) in [5.41, 5.74) is 8.54. The number of fused-ring (bicyclic) bond motifs is 1. The molecule has 0 aliphatic carbocycles. The fraction of sp³-hybridized carbons (Fsp3) is 0.387. The van der Waals surface area contributed by atoms with E-state index in [1.165, 1.54) is 5.56 Å². The minimum Gasteiger partial charge on any atom is -0.470 e. The lowest BCUT2D eigenvalue weighted by atomic mass is 9.97. The maximum atomic E-state index is 9.92. The molecule has 0 aliphatic rings. The van der Waals surface area contributed by atoms with Gasteiger partial charge in [0, 0.05) is 17.7 Å². The average Bonchev–Trinajstić information content (AvgIpc) is 3.22. The molecular weight excluding hydrogens is 444 g/mol. The summed E-state index contributed by atoms with van der Waals surface area (Å²) < 4.78 is 8.72. The Morgan fingerprint density at radius 3 is 2.19 bits per heavy atom. The minimum absolute atomic E-state index is 0.636. The molecule has 5 nitrogen and oxygen atoms in total. The number of aryl methyl sites for hydroxylation is 5. The molecule has 0 spiro atoms. The zero-order valence-corrected chi connectivity index (χ0v) is 22.1. The lowest BCUT2D eigenvalue weighted by Crippen LogP contribution is -2.11. The SMILES string of the molecule is CCCc1cc(Cn2c(CC)nc3c(C)cc(C)nc32)cc(CCC)c1OC(C#N)c1ccccc1. The average molecular weight is 481 g/mol. The fourth-order valence-electron chi connectivity index (χ4n) is 4.96. The molecule has 0 fully saturated rings. The summed E-state index contributed by atoms with van der Waals surface area (Å²) in [5, 5.41) is 9.92. The number of benzene rings is 2. The van der Waals surface area contributed by atoms with E-state index in [9.17, 15) is 5.26 Å². The Kier molecular flexibility index (Phi) is 8.05. The van der Waals surface area contributed by atoms with Crippen LogP contribution < -0.4 is 4.74 Å². The molecule has 0 aliphatic heterocycles. The largest absolute Gasteiger partial charge is 0.470 e. The van der Waals surface area contributed by atoms with Gasteiger partial charge in [-0.05, 0) is 55.0 Å². The minimum atomic E-state index is -0.636. The third-order valence-electron chi connectivity index (χ3n) is 6.55. The van der Waals surface area contributed by atoms with Gasteiger partial charge in [-0.1, -0.05) is 76.1 Å². The van der Waals surface area contributed by atoms with E-state index in [2.05, 4.69) is 56.5 Å². The summed E-state index contributed by atoms with van der Waals surface area (Å²) in [7, 11) is 0. The second-order valence-electron chi connectivity index (χ2n) is 9.50. The van der Waals surface area contributed by atoms with Gasteiger partial charge >= 0.3 is 0 Å². The molecule has 1 atom stereocenters. The van der Waals surface area contributed by atoms with E-state index in [4.69, 9.17) is 14.7 Å². The van der Waals surface area contributed by atoms with Crippen molar-refractivity contribution >= 4 is 11.2 Å². The molecular formula is C31H36N4O. The van der Waals surface area contributed by atoms with Crippen LogP contribution in [-0.4, -0.2) is 14.5 Å². The fourth-order valence-corrected chi connectivity index (χ4v) is 4.96. The van der Waals surface area contributed by atoms with E-state index >= 15 is 0 Å². The van der Waals surface area contributed by atoms with Gasteiger partial charge in [-0.3, -0.25) is 0 Å². The molecule has 4 aromatic rings. The van der Waals surface area contributed by atoms with E-state index in [0.717, 1.165) is 82.8 Å². The van der Waals surface area contributed by atoms with Crippen molar-refractivity contribution < 1.29 is 4.74 Å². The van der Waals surface area contributed by atoms with Crippen molar-refractivity contribution in [3.63, 3.8) is 0 Å². The molecule has 0 N–H and O–H groups in total. The Morgan fingerprint density at radius 2 is 1.61 bits per heavy atom. The molecule has 0 amide bonds. The molecule has 2 aromatic carbocycles. The van der Waals surface area contributed by atoms with Crippen molar-refractivity contribution in [3.05, 3.63) is 87.9 Å². The van der Waals surface area contributed by atoms with Crippen LogP contribution in [0, 0.1) is 25.2 Å². The highest BCUT2D eigenvalue weighted by Crippen LogP contribution is 2.33. The topological polar surface area (TPSA) is 63.7 Å². The molecule has 2 heterocycles. The Labute approximate surface area is 214 Å². The van der Waals surface area contributed by atoms with Gasteiger partial charge in [0.05, 0.1) is 6.54 Å². The number of ether oxygens (including phenoxy) is 1. The zero-order valence-electron chi connectivity index (χ0n) is 22.1. The predicted molar refractivity (Wildman–Crippen MR) is 145 cm³/mol. The van der Waals surface area contributed by atoms with Crippen LogP contribution >= 0.6 is 0 Å². The van der Waals surface area contributed by atoms with Crippen LogP contribution in [0.4, 0.5) is 0 Å². The number of nitrogens with zero attached hydrogens (tertiary/aromatic N) is 4. The van der Waals surface area contributed by atoms with E-state index in [-0.39, 0.29) is 0 Å². The number of hydrogen-bond acceptors (Lipinski definition) is 4. The van der Waals surface area contributed by atoms with Crippen molar-refractivity contribution in [3.8, 4) is 11.8 Å². The van der Waals surface area contributed by atoms with Gasteiger partial charge in [0.2, 0.25) is 6.10 Å². The van der Waals surface area contributed by atoms with Gasteiger partial charge in [0.15, 0.2) is 5.65 Å². The van der Waals surface area contributed by atoms with Crippen molar-refractivity contribution in [2.75, 3.05) is 0 Å². The Hall–Kier alpha value is -3.65. The van der Waals surface area contributed by atoms with Crippen LogP contribution in [0.25, 0.3) is 11.2 Å². The number of imidazole rings is 1. The Balaban J connectivity index is 1.79. The molecule has 186 valence electrons. The van der Waals surface area contributed by atoms with Gasteiger partial charge in [0.1, 0.15) is 23.2 Å². The monoisotopic (exact) mass is 480 g/mol. The number of pyridine rings is 1. The Morgan fingerprint density at radius 1 is 0.944 bits per heavy atom. The molecule has 1 unspecified atom stereocenters. The molecule has 5 heteroatoms. The van der Waals surface area contributed by atoms with Crippen LogP contribution in [0.3, 0.4) is 0 Å². The van der Waals surface area contributed by atoms with E-state index in [0.29, 0.717) is 6.54 Å². The standard InChI is InChI=1S/C31H36N4O/c1-6-12-25-17-23(20-35-28(8-3)34-29-21(4)16-22(5)33-31(29)35)18-26(13-7-2)30(25)36-27(19-32)24-14-10-9-11-15-24/h9-11,14-18,27H,6-8,12-13,20H2,1-5H3. The molecule has 2 aromatic heterocycles. The number of aromatic nitrogens is 3. The molecule has 36 heavy (non-hydrogen) atoms. The molecule has 0 saturated carbocycles. The molecule has 4 rings (SSSR count). The first-order chi connectivity index (χ1) is 17.5. The summed E-state index contributed by atoms with van der Waals surface area (Å²) >= 11 is 0. The van der Waals surface area contributed by atoms with E-state index in [1.54, 1.807) is 0 Å². The third-order valence-corrected chi connectivity index (χ3v) is 6.55. The quantitative estimate of drug-likeness (QED) is 0.241. The molecule has 0 saturated heterocycles. The van der Waals surface area contributed by atoms with Crippen LogP contribution in [0.1, 0.15) is 79.1 Å².